The number of nitrogen functional groups attached to an aromatic ring is 1. The Morgan fingerprint density at radius 3 is 2.67 bits per heavy atom. The molecule has 1 amide bonds. The van der Waals surface area contributed by atoms with Gasteiger partial charge >= 0.3 is 5.69 Å². The molecule has 2 rings (SSSR count). The number of benzene rings is 1. The highest BCUT2D eigenvalue weighted by Gasteiger charge is 2.13. The van der Waals surface area contributed by atoms with Crippen LogP contribution in [0.1, 0.15) is 5.56 Å². The van der Waals surface area contributed by atoms with Crippen molar-refractivity contribution in [3.63, 3.8) is 0 Å². The topological polar surface area (TPSA) is 128 Å². The quantitative estimate of drug-likeness (QED) is 0.499. The molecule has 1 aromatic heterocycles. The maximum absolute atomic E-state index is 12.3. The van der Waals surface area contributed by atoms with Gasteiger partial charge in [-0.1, -0.05) is 12.0 Å². The largest absolute Gasteiger partial charge is 0.493 e. The number of aromatic nitrogens is 2. The molecule has 140 valence electrons. The summed E-state index contributed by atoms with van der Waals surface area (Å²) in [4.78, 5) is 38.4. The van der Waals surface area contributed by atoms with Gasteiger partial charge in [-0.15, -0.1) is 6.42 Å². The first-order valence-electron chi connectivity index (χ1n) is 7.68. The number of anilines is 2. The number of hydrogen-bond acceptors (Lipinski definition) is 6. The second-order valence-electron chi connectivity index (χ2n) is 5.25. The summed E-state index contributed by atoms with van der Waals surface area (Å²) in [6.45, 7) is -0.251. The number of nitrogens with two attached hydrogens (primary N) is 1. The van der Waals surface area contributed by atoms with Gasteiger partial charge in [-0.25, -0.2) is 9.36 Å². The number of hydrogen-bond donors (Lipinski definition) is 3. The number of amides is 1. The van der Waals surface area contributed by atoms with Crippen molar-refractivity contribution in [1.29, 1.82) is 0 Å². The third kappa shape index (κ3) is 4.38. The molecule has 1 aromatic carbocycles. The fourth-order valence-electron chi connectivity index (χ4n) is 2.24. The normalized spacial score (nSPS) is 10.4. The highest BCUT2D eigenvalue weighted by molar-refractivity contribution is 6.03. The fraction of sp³-hybridized carbons (Fsp3) is 0.167. The molecule has 0 fully saturated rings. The Morgan fingerprint density at radius 2 is 2.04 bits per heavy atom. The van der Waals surface area contributed by atoms with E-state index in [1.54, 1.807) is 18.2 Å². The SMILES string of the molecule is C#CCn1c(=O)[nH]c(N)c(NC(=O)/C=C/c2ccc(OC)c(OC)c2)c1=O. The molecule has 0 aliphatic carbocycles. The van der Waals surface area contributed by atoms with E-state index in [2.05, 4.69) is 16.2 Å². The van der Waals surface area contributed by atoms with Gasteiger partial charge in [0.05, 0.1) is 20.8 Å². The molecule has 4 N–H and O–H groups in total. The highest BCUT2D eigenvalue weighted by atomic mass is 16.5. The number of terminal acetylenes is 1. The summed E-state index contributed by atoms with van der Waals surface area (Å²) in [5, 5.41) is 2.35. The lowest BCUT2D eigenvalue weighted by molar-refractivity contribution is -0.111. The van der Waals surface area contributed by atoms with Gasteiger partial charge in [-0.05, 0) is 23.8 Å². The van der Waals surface area contributed by atoms with E-state index in [9.17, 15) is 14.4 Å². The molecular weight excluding hydrogens is 352 g/mol. The molecule has 2 aromatic rings. The Hall–Kier alpha value is -3.93. The summed E-state index contributed by atoms with van der Waals surface area (Å²) in [5.41, 5.74) is 4.49. The zero-order valence-electron chi connectivity index (χ0n) is 14.7. The lowest BCUT2D eigenvalue weighted by Crippen LogP contribution is -2.37. The average Bonchev–Trinajstić information content (AvgIpc) is 2.66. The number of methoxy groups -OCH3 is 2. The van der Waals surface area contributed by atoms with Gasteiger partial charge in [0.15, 0.2) is 11.5 Å². The van der Waals surface area contributed by atoms with Crippen LogP contribution >= 0.6 is 0 Å². The molecule has 0 aliphatic rings. The third-order valence-electron chi connectivity index (χ3n) is 3.55. The molecule has 0 atom stereocenters. The van der Waals surface area contributed by atoms with E-state index in [4.69, 9.17) is 21.6 Å². The van der Waals surface area contributed by atoms with Crippen molar-refractivity contribution in [2.45, 2.75) is 6.54 Å². The van der Waals surface area contributed by atoms with Gasteiger partial charge in [0.2, 0.25) is 5.91 Å². The van der Waals surface area contributed by atoms with Crippen molar-refractivity contribution in [2.75, 3.05) is 25.3 Å². The molecule has 9 nitrogen and oxygen atoms in total. The van der Waals surface area contributed by atoms with E-state index in [0.29, 0.717) is 17.1 Å². The lowest BCUT2D eigenvalue weighted by atomic mass is 10.2. The minimum Gasteiger partial charge on any atom is -0.493 e. The minimum atomic E-state index is -0.790. The average molecular weight is 370 g/mol. The fourth-order valence-corrected chi connectivity index (χ4v) is 2.24. The molecule has 0 aliphatic heterocycles. The standard InChI is InChI=1S/C18H18N4O5/c1-4-9-22-17(24)15(16(19)21-18(22)25)20-14(23)8-6-11-5-7-12(26-2)13(10-11)27-3/h1,5-8,10H,9,19H2,2-3H3,(H,20,23)(H,21,25)/b8-6+. The maximum atomic E-state index is 12.3. The number of ether oxygens (including phenoxy) is 2. The third-order valence-corrected chi connectivity index (χ3v) is 3.55. The van der Waals surface area contributed by atoms with Gasteiger partial charge in [0.1, 0.15) is 11.5 Å². The Labute approximate surface area is 154 Å². The summed E-state index contributed by atoms with van der Waals surface area (Å²) < 4.78 is 11.1. The van der Waals surface area contributed by atoms with Gasteiger partial charge in [-0.3, -0.25) is 14.6 Å². The molecule has 0 saturated carbocycles. The summed E-state index contributed by atoms with van der Waals surface area (Å²) in [5.74, 6) is 2.36. The monoisotopic (exact) mass is 370 g/mol. The Balaban J connectivity index is 2.25. The van der Waals surface area contributed by atoms with Crippen molar-refractivity contribution in [3.8, 4) is 23.8 Å². The smallest absolute Gasteiger partial charge is 0.330 e. The van der Waals surface area contributed by atoms with Crippen molar-refractivity contribution in [1.82, 2.24) is 9.55 Å². The van der Waals surface area contributed by atoms with Crippen LogP contribution in [-0.4, -0.2) is 29.7 Å². The van der Waals surface area contributed by atoms with Crippen LogP contribution in [0.15, 0.2) is 33.9 Å². The number of nitrogens with zero attached hydrogens (tertiary/aromatic N) is 1. The van der Waals surface area contributed by atoms with Gasteiger partial charge in [0.25, 0.3) is 5.56 Å². The number of carbonyl (C=O) groups is 1. The van der Waals surface area contributed by atoms with E-state index in [1.165, 1.54) is 26.4 Å². The van der Waals surface area contributed by atoms with E-state index in [0.717, 1.165) is 4.57 Å². The van der Waals surface area contributed by atoms with E-state index < -0.39 is 17.2 Å². The van der Waals surface area contributed by atoms with E-state index >= 15 is 0 Å². The molecule has 0 saturated heterocycles. The van der Waals surface area contributed by atoms with Crippen LogP contribution < -0.4 is 31.8 Å². The maximum Gasteiger partial charge on any atom is 0.330 e. The molecule has 27 heavy (non-hydrogen) atoms. The van der Waals surface area contributed by atoms with Crippen LogP contribution in [0, 0.1) is 12.3 Å². The van der Waals surface area contributed by atoms with Crippen molar-refractivity contribution < 1.29 is 14.3 Å². The van der Waals surface area contributed by atoms with Crippen LogP contribution in [0.4, 0.5) is 11.5 Å². The summed E-state index contributed by atoms with van der Waals surface area (Å²) >= 11 is 0. The molecule has 0 spiro atoms. The van der Waals surface area contributed by atoms with Crippen LogP contribution in [0.25, 0.3) is 6.08 Å². The van der Waals surface area contributed by atoms with Crippen LogP contribution in [-0.2, 0) is 11.3 Å². The van der Waals surface area contributed by atoms with E-state index in [-0.39, 0.29) is 18.1 Å². The van der Waals surface area contributed by atoms with E-state index in [1.807, 2.05) is 0 Å². The summed E-state index contributed by atoms with van der Waals surface area (Å²) in [6, 6.07) is 5.09. The number of nitrogens with one attached hydrogen (secondary N) is 2. The molecule has 0 bridgehead atoms. The first-order chi connectivity index (χ1) is 12.9. The first-order valence-corrected chi connectivity index (χ1v) is 7.68. The zero-order chi connectivity index (χ0) is 20.0. The summed E-state index contributed by atoms with van der Waals surface area (Å²) in [6.07, 6.45) is 7.85. The number of H-pyrrole nitrogens is 1. The zero-order valence-corrected chi connectivity index (χ0v) is 14.7. The Bertz CT molecular complexity index is 1040. The molecule has 9 heteroatoms. The van der Waals surface area contributed by atoms with Crippen LogP contribution in [0.2, 0.25) is 0 Å². The number of rotatable bonds is 6. The predicted octanol–water partition coefficient (Wildman–Crippen LogP) is 0.421. The Kier molecular flexibility index (Phi) is 6.06. The molecule has 0 radical (unpaired) electrons. The molecule has 1 heterocycles. The van der Waals surface area contributed by atoms with Gasteiger partial charge in [0, 0.05) is 6.08 Å². The van der Waals surface area contributed by atoms with Crippen molar-refractivity contribution >= 4 is 23.5 Å². The highest BCUT2D eigenvalue weighted by Crippen LogP contribution is 2.27. The van der Waals surface area contributed by atoms with Crippen molar-refractivity contribution in [3.05, 3.63) is 50.7 Å². The summed E-state index contributed by atoms with van der Waals surface area (Å²) in [7, 11) is 3.01. The first kappa shape index (κ1) is 19.4. The second-order valence-corrected chi connectivity index (χ2v) is 5.25. The van der Waals surface area contributed by atoms with Crippen molar-refractivity contribution in [2.24, 2.45) is 0 Å². The lowest BCUT2D eigenvalue weighted by Gasteiger charge is -2.08. The number of aromatic amines is 1. The minimum absolute atomic E-state index is 0.251. The van der Waals surface area contributed by atoms with Gasteiger partial charge in [-0.2, -0.15) is 0 Å². The second kappa shape index (κ2) is 8.44. The molecular formula is C18H18N4O5. The van der Waals surface area contributed by atoms with Crippen LogP contribution in [0.5, 0.6) is 11.5 Å². The Morgan fingerprint density at radius 1 is 1.33 bits per heavy atom. The molecule has 0 unspecified atom stereocenters. The van der Waals surface area contributed by atoms with Gasteiger partial charge < -0.3 is 20.5 Å². The predicted molar refractivity (Wildman–Crippen MR) is 102 cm³/mol. The number of carbonyl (C=O) groups excluding carboxylic acids is 1. The van der Waals surface area contributed by atoms with Crippen LogP contribution in [0.3, 0.4) is 0 Å².